The summed E-state index contributed by atoms with van der Waals surface area (Å²) < 4.78 is 0. The largest absolute Gasteiger partial charge is 0.342 e. The number of aromatic nitrogens is 1. The summed E-state index contributed by atoms with van der Waals surface area (Å²) in [6, 6.07) is 1.59. The van der Waals surface area contributed by atoms with Crippen LogP contribution in [0.1, 0.15) is 24.2 Å². The lowest BCUT2D eigenvalue weighted by Crippen LogP contribution is -2.63. The Labute approximate surface area is 117 Å². The second-order valence-corrected chi connectivity index (χ2v) is 5.31. The molecule has 1 aliphatic heterocycles. The van der Waals surface area contributed by atoms with Crippen molar-refractivity contribution in [3.63, 3.8) is 0 Å². The van der Waals surface area contributed by atoms with E-state index in [-0.39, 0.29) is 11.8 Å². The van der Waals surface area contributed by atoms with Crippen LogP contribution in [0, 0.1) is 0 Å². The third-order valence-electron chi connectivity index (χ3n) is 3.66. The molecule has 0 aliphatic carbocycles. The van der Waals surface area contributed by atoms with Crippen LogP contribution in [0.4, 0.5) is 5.69 Å². The Bertz CT molecular complexity index is 543. The van der Waals surface area contributed by atoms with Gasteiger partial charge >= 0.3 is 0 Å². The number of hydrogen-bond acceptors (Lipinski definition) is 5. The van der Waals surface area contributed by atoms with Gasteiger partial charge in [0.1, 0.15) is 5.54 Å². The third-order valence-corrected chi connectivity index (χ3v) is 3.66. The van der Waals surface area contributed by atoms with Gasteiger partial charge in [-0.1, -0.05) is 0 Å². The number of carbonyl (C=O) groups excluding carboxylic acids is 2. The van der Waals surface area contributed by atoms with Crippen LogP contribution >= 0.6 is 0 Å². The lowest BCUT2D eigenvalue weighted by atomic mass is 9.96. The van der Waals surface area contributed by atoms with E-state index in [9.17, 15) is 9.59 Å². The molecule has 0 radical (unpaired) electrons. The van der Waals surface area contributed by atoms with Crippen LogP contribution < -0.4 is 11.3 Å². The molecule has 2 heterocycles. The maximum absolute atomic E-state index is 12.7. The van der Waals surface area contributed by atoms with E-state index in [0.29, 0.717) is 24.3 Å². The van der Waals surface area contributed by atoms with Crippen LogP contribution in [0.15, 0.2) is 18.5 Å². The Morgan fingerprint density at radius 1 is 1.45 bits per heavy atom. The smallest absolute Gasteiger partial charge is 0.257 e. The van der Waals surface area contributed by atoms with Gasteiger partial charge in [-0.05, 0) is 19.9 Å². The second-order valence-electron chi connectivity index (χ2n) is 5.31. The van der Waals surface area contributed by atoms with E-state index in [4.69, 9.17) is 5.84 Å². The van der Waals surface area contributed by atoms with Crippen molar-refractivity contribution in [2.75, 3.05) is 25.6 Å². The zero-order valence-corrected chi connectivity index (χ0v) is 11.9. The molecule has 0 aromatic carbocycles. The number of carbonyl (C=O) groups is 2. The van der Waals surface area contributed by atoms with Crippen molar-refractivity contribution in [1.29, 1.82) is 0 Å². The highest BCUT2D eigenvalue weighted by molar-refractivity contribution is 6.03. The monoisotopic (exact) mass is 277 g/mol. The van der Waals surface area contributed by atoms with Gasteiger partial charge in [-0.25, -0.2) is 0 Å². The number of rotatable bonds is 2. The van der Waals surface area contributed by atoms with Crippen LogP contribution in [0.3, 0.4) is 0 Å². The minimum atomic E-state index is -0.876. The number of likely N-dealkylation sites (N-methyl/N-ethyl adjacent to an activating group) is 1. The zero-order valence-electron chi connectivity index (χ0n) is 11.9. The van der Waals surface area contributed by atoms with E-state index in [2.05, 4.69) is 10.4 Å². The molecule has 1 saturated heterocycles. The highest BCUT2D eigenvalue weighted by atomic mass is 16.2. The van der Waals surface area contributed by atoms with Crippen molar-refractivity contribution in [3.8, 4) is 0 Å². The van der Waals surface area contributed by atoms with Gasteiger partial charge in [0.05, 0.1) is 17.4 Å². The minimum absolute atomic E-state index is 0.0755. The molecule has 1 aromatic heterocycles. The molecule has 0 atom stereocenters. The Hall–Kier alpha value is -2.15. The summed E-state index contributed by atoms with van der Waals surface area (Å²) in [5.41, 5.74) is 2.44. The van der Waals surface area contributed by atoms with Gasteiger partial charge in [0.25, 0.3) is 5.91 Å². The Morgan fingerprint density at radius 3 is 2.80 bits per heavy atom. The lowest BCUT2D eigenvalue weighted by molar-refractivity contribution is -0.144. The van der Waals surface area contributed by atoms with Crippen LogP contribution in [-0.2, 0) is 4.79 Å². The molecule has 1 aliphatic rings. The highest BCUT2D eigenvalue weighted by Crippen LogP contribution is 2.25. The first-order chi connectivity index (χ1) is 9.39. The van der Waals surface area contributed by atoms with Crippen LogP contribution in [-0.4, -0.2) is 52.3 Å². The average molecular weight is 277 g/mol. The Kier molecular flexibility index (Phi) is 3.63. The van der Waals surface area contributed by atoms with E-state index < -0.39 is 5.54 Å². The topological polar surface area (TPSA) is 91.6 Å². The van der Waals surface area contributed by atoms with E-state index in [1.54, 1.807) is 36.8 Å². The van der Waals surface area contributed by atoms with Crippen molar-refractivity contribution in [1.82, 2.24) is 14.8 Å². The molecule has 20 heavy (non-hydrogen) atoms. The summed E-state index contributed by atoms with van der Waals surface area (Å²) in [5.74, 6) is 5.09. The van der Waals surface area contributed by atoms with Gasteiger partial charge in [0.15, 0.2) is 0 Å². The molecule has 1 fully saturated rings. The normalized spacial score (nSPS) is 18.1. The van der Waals surface area contributed by atoms with Crippen LogP contribution in [0.25, 0.3) is 0 Å². The molecular formula is C13H19N5O2. The summed E-state index contributed by atoms with van der Waals surface area (Å²) in [6.45, 7) is 4.50. The number of hydrazine groups is 1. The minimum Gasteiger partial charge on any atom is -0.342 e. The molecule has 7 nitrogen and oxygen atoms in total. The number of nitrogens with one attached hydrogen (secondary N) is 1. The Balaban J connectivity index is 2.36. The summed E-state index contributed by atoms with van der Waals surface area (Å²) >= 11 is 0. The maximum atomic E-state index is 12.7. The molecule has 0 spiro atoms. The fourth-order valence-corrected chi connectivity index (χ4v) is 2.41. The van der Waals surface area contributed by atoms with Gasteiger partial charge in [0, 0.05) is 26.3 Å². The van der Waals surface area contributed by atoms with Crippen LogP contribution in [0.5, 0.6) is 0 Å². The fourth-order valence-electron chi connectivity index (χ4n) is 2.41. The number of anilines is 1. The lowest BCUT2D eigenvalue weighted by Gasteiger charge is -2.44. The molecule has 0 bridgehead atoms. The third kappa shape index (κ3) is 2.20. The SMILES string of the molecule is CN1CCN(C(=O)c2ccncc2NN)C(C)(C)C1=O. The molecule has 7 heteroatoms. The van der Waals surface area contributed by atoms with Gasteiger partial charge in [-0.3, -0.25) is 20.4 Å². The van der Waals surface area contributed by atoms with E-state index in [1.165, 1.54) is 12.4 Å². The maximum Gasteiger partial charge on any atom is 0.257 e. The molecular weight excluding hydrogens is 258 g/mol. The Morgan fingerprint density at radius 2 is 2.15 bits per heavy atom. The number of nitrogens with zero attached hydrogens (tertiary/aromatic N) is 3. The number of amides is 2. The summed E-state index contributed by atoms with van der Waals surface area (Å²) in [6.07, 6.45) is 3.01. The van der Waals surface area contributed by atoms with Gasteiger partial charge in [-0.15, -0.1) is 0 Å². The van der Waals surface area contributed by atoms with Crippen molar-refractivity contribution >= 4 is 17.5 Å². The van der Waals surface area contributed by atoms with E-state index >= 15 is 0 Å². The molecule has 108 valence electrons. The molecule has 0 saturated carbocycles. The standard InChI is InChI=1S/C13H19N5O2/c1-13(2)12(20)17(3)6-7-18(13)11(19)9-4-5-15-8-10(9)16-14/h4-5,8,16H,6-7,14H2,1-3H3. The first kappa shape index (κ1) is 14.3. The predicted octanol–water partition coefficient (Wildman–Crippen LogP) is 0.0600. The highest BCUT2D eigenvalue weighted by Gasteiger charge is 2.43. The fraction of sp³-hybridized carbons (Fsp3) is 0.462. The molecule has 1 aromatic rings. The number of piperazine rings is 1. The van der Waals surface area contributed by atoms with E-state index in [1.807, 2.05) is 0 Å². The summed E-state index contributed by atoms with van der Waals surface area (Å²) in [5, 5.41) is 0. The average Bonchev–Trinajstić information content (AvgIpc) is 2.44. The van der Waals surface area contributed by atoms with Crippen molar-refractivity contribution in [2.45, 2.75) is 19.4 Å². The first-order valence-electron chi connectivity index (χ1n) is 6.37. The zero-order chi connectivity index (χ0) is 14.9. The summed E-state index contributed by atoms with van der Waals surface area (Å²) in [7, 11) is 1.74. The second kappa shape index (κ2) is 5.09. The summed E-state index contributed by atoms with van der Waals surface area (Å²) in [4.78, 5) is 32.0. The van der Waals surface area contributed by atoms with Gasteiger partial charge in [0.2, 0.25) is 5.91 Å². The molecule has 0 unspecified atom stereocenters. The number of pyridine rings is 1. The number of hydrogen-bond donors (Lipinski definition) is 2. The van der Waals surface area contributed by atoms with E-state index in [0.717, 1.165) is 0 Å². The first-order valence-corrected chi connectivity index (χ1v) is 6.37. The number of nitrogens with two attached hydrogens (primary N) is 1. The van der Waals surface area contributed by atoms with Crippen molar-refractivity contribution < 1.29 is 9.59 Å². The molecule has 2 rings (SSSR count). The predicted molar refractivity (Wildman–Crippen MR) is 74.8 cm³/mol. The molecule has 2 amide bonds. The van der Waals surface area contributed by atoms with Crippen molar-refractivity contribution in [3.05, 3.63) is 24.0 Å². The number of nitrogen functional groups attached to an aromatic ring is 1. The quantitative estimate of drug-likeness (QED) is 0.589. The van der Waals surface area contributed by atoms with Gasteiger partial charge in [-0.2, -0.15) is 0 Å². The van der Waals surface area contributed by atoms with Gasteiger partial charge < -0.3 is 15.2 Å². The molecule has 3 N–H and O–H groups in total. The van der Waals surface area contributed by atoms with Crippen LogP contribution in [0.2, 0.25) is 0 Å². The van der Waals surface area contributed by atoms with Crippen molar-refractivity contribution in [2.24, 2.45) is 5.84 Å².